The minimum absolute atomic E-state index is 0.348. The second-order valence-corrected chi connectivity index (χ2v) is 7.88. The molecule has 2 aromatic carbocycles. The average Bonchev–Trinajstić information content (AvgIpc) is 3.24. The Labute approximate surface area is 182 Å². The van der Waals surface area contributed by atoms with Crippen LogP contribution in [0.4, 0.5) is 20.3 Å². The highest BCUT2D eigenvalue weighted by molar-refractivity contribution is 6.10. The van der Waals surface area contributed by atoms with Gasteiger partial charge >= 0.3 is 0 Å². The van der Waals surface area contributed by atoms with Gasteiger partial charge in [-0.15, -0.1) is 0 Å². The maximum atomic E-state index is 14.8. The fraction of sp³-hybridized carbons (Fsp3) is 0.217. The van der Waals surface area contributed by atoms with Crippen molar-refractivity contribution in [3.8, 4) is 0 Å². The molecule has 0 radical (unpaired) electrons. The second-order valence-electron chi connectivity index (χ2n) is 7.88. The number of nitrogens with zero attached hydrogens (tertiary/aromatic N) is 4. The van der Waals surface area contributed by atoms with Gasteiger partial charge in [-0.1, -0.05) is 24.3 Å². The number of hydrogen-bond acceptors (Lipinski definition) is 5. The highest BCUT2D eigenvalue weighted by Crippen LogP contribution is 2.35. The highest BCUT2D eigenvalue weighted by atomic mass is 19.1. The van der Waals surface area contributed by atoms with E-state index in [-0.39, 0.29) is 5.69 Å². The molecule has 0 saturated heterocycles. The van der Waals surface area contributed by atoms with Gasteiger partial charge in [0.05, 0.1) is 12.4 Å². The summed E-state index contributed by atoms with van der Waals surface area (Å²) in [4.78, 5) is 30.3. The van der Waals surface area contributed by atoms with E-state index in [9.17, 15) is 13.6 Å². The zero-order valence-corrected chi connectivity index (χ0v) is 17.4. The quantitative estimate of drug-likeness (QED) is 0.507. The number of carbonyl (C=O) groups excluding carboxylic acids is 1. The van der Waals surface area contributed by atoms with Crippen LogP contribution in [0, 0.1) is 18.6 Å². The van der Waals surface area contributed by atoms with E-state index >= 15 is 0 Å². The van der Waals surface area contributed by atoms with Crippen LogP contribution in [0.2, 0.25) is 0 Å². The summed E-state index contributed by atoms with van der Waals surface area (Å²) < 4.78 is 29.7. The molecule has 1 aliphatic heterocycles. The number of carbonyl (C=O) groups is 1. The number of nitrogens with one attached hydrogen (secondary N) is 2. The number of aryl methyl sites for hydroxylation is 1. The first kappa shape index (κ1) is 20.0. The number of para-hydroxylation sites is 1. The third-order valence-corrected chi connectivity index (χ3v) is 5.90. The van der Waals surface area contributed by atoms with Crippen molar-refractivity contribution < 1.29 is 13.6 Å². The Morgan fingerprint density at radius 2 is 1.88 bits per heavy atom. The molecule has 1 aliphatic rings. The number of aromatic nitrogens is 4. The summed E-state index contributed by atoms with van der Waals surface area (Å²) in [7, 11) is 0. The number of imidazole rings is 1. The van der Waals surface area contributed by atoms with Gasteiger partial charge in [-0.2, -0.15) is 0 Å². The van der Waals surface area contributed by atoms with Crippen LogP contribution in [0.15, 0.2) is 49.1 Å². The van der Waals surface area contributed by atoms with Crippen molar-refractivity contribution in [2.24, 2.45) is 0 Å². The lowest BCUT2D eigenvalue weighted by Gasteiger charge is -2.40. The van der Waals surface area contributed by atoms with Crippen molar-refractivity contribution in [1.82, 2.24) is 19.9 Å². The van der Waals surface area contributed by atoms with E-state index in [2.05, 4.69) is 25.3 Å². The van der Waals surface area contributed by atoms with Gasteiger partial charge in [-0.25, -0.2) is 23.7 Å². The minimum Gasteiger partial charge on any atom is -0.364 e. The van der Waals surface area contributed by atoms with Crippen LogP contribution in [-0.2, 0) is 6.42 Å². The average molecular weight is 434 g/mol. The molecule has 3 heterocycles. The molecular weight excluding hydrogens is 414 g/mol. The Hall–Kier alpha value is -3.88. The predicted octanol–water partition coefficient (Wildman–Crippen LogP) is 4.01. The van der Waals surface area contributed by atoms with Gasteiger partial charge in [0.2, 0.25) is 0 Å². The maximum absolute atomic E-state index is 14.8. The molecule has 0 bridgehead atoms. The first-order valence-corrected chi connectivity index (χ1v) is 10.2. The van der Waals surface area contributed by atoms with Gasteiger partial charge in [-0.3, -0.25) is 9.69 Å². The third-order valence-electron chi connectivity index (χ3n) is 5.90. The molecule has 1 amide bonds. The zero-order chi connectivity index (χ0) is 22.4. The molecule has 0 fully saturated rings. The Morgan fingerprint density at radius 3 is 2.66 bits per heavy atom. The van der Waals surface area contributed by atoms with Gasteiger partial charge in [0.15, 0.2) is 11.5 Å². The molecule has 1 unspecified atom stereocenters. The summed E-state index contributed by atoms with van der Waals surface area (Å²) in [5.74, 6) is -1.51. The molecule has 4 aromatic rings. The largest absolute Gasteiger partial charge is 0.364 e. The molecule has 9 heteroatoms. The molecule has 0 saturated carbocycles. The van der Waals surface area contributed by atoms with Crippen LogP contribution in [0.1, 0.15) is 28.4 Å². The molecule has 2 atom stereocenters. The van der Waals surface area contributed by atoms with Crippen molar-refractivity contribution in [2.75, 3.05) is 10.2 Å². The number of anilines is 2. The number of rotatable bonds is 4. The fourth-order valence-corrected chi connectivity index (χ4v) is 4.37. The number of aromatic amines is 1. The van der Waals surface area contributed by atoms with E-state index in [1.165, 1.54) is 23.6 Å². The maximum Gasteiger partial charge on any atom is 0.259 e. The van der Waals surface area contributed by atoms with Crippen LogP contribution in [0.25, 0.3) is 11.2 Å². The number of amides is 1. The Kier molecular flexibility index (Phi) is 4.80. The van der Waals surface area contributed by atoms with E-state index in [1.807, 2.05) is 32.0 Å². The van der Waals surface area contributed by atoms with Crippen LogP contribution in [-0.4, -0.2) is 37.9 Å². The summed E-state index contributed by atoms with van der Waals surface area (Å²) in [5.41, 5.74) is 2.85. The summed E-state index contributed by atoms with van der Waals surface area (Å²) in [6.45, 7) is 3.68. The second kappa shape index (κ2) is 7.67. The lowest BCUT2D eigenvalue weighted by molar-refractivity contribution is 0.0961. The van der Waals surface area contributed by atoms with Crippen LogP contribution in [0.3, 0.4) is 0 Å². The number of benzene rings is 2. The molecule has 0 spiro atoms. The first-order chi connectivity index (χ1) is 15.5. The van der Waals surface area contributed by atoms with Gasteiger partial charge in [-0.05, 0) is 43.5 Å². The minimum atomic E-state index is -0.787. The van der Waals surface area contributed by atoms with Crippen LogP contribution < -0.4 is 10.2 Å². The Bertz CT molecular complexity index is 1320. The normalized spacial score (nSPS) is 16.8. The van der Waals surface area contributed by atoms with Crippen molar-refractivity contribution >= 4 is 28.6 Å². The van der Waals surface area contributed by atoms with Crippen molar-refractivity contribution in [3.05, 3.63) is 77.4 Å². The number of H-pyrrole nitrogens is 1. The molecule has 2 aromatic heterocycles. The lowest BCUT2D eigenvalue weighted by Crippen LogP contribution is -2.54. The van der Waals surface area contributed by atoms with Gasteiger partial charge in [0.25, 0.3) is 5.91 Å². The molecule has 162 valence electrons. The number of fused-ring (bicyclic) bond motifs is 2. The van der Waals surface area contributed by atoms with E-state index < -0.39 is 29.6 Å². The zero-order valence-electron chi connectivity index (χ0n) is 17.4. The summed E-state index contributed by atoms with van der Waals surface area (Å²) in [6, 6.07) is 8.21. The standard InChI is InChI=1S/C23H20F2N6O/c1-12-5-3-6-14-9-17(13(2)30-22-19-21(27-10-26-19)28-11-29-22)31(23(32)18(12)14)20-15(24)7-4-8-16(20)25/h3-8,10-11,13,17H,9H2,1-2H3,(H2,26,27,28,29,30)/t13?,17-/m1/s1. The molecule has 2 N–H and O–H groups in total. The van der Waals surface area contributed by atoms with Crippen LogP contribution >= 0.6 is 0 Å². The predicted molar refractivity (Wildman–Crippen MR) is 117 cm³/mol. The molecule has 0 aliphatic carbocycles. The SMILES string of the molecule is Cc1cccc2c1C(=O)N(c1c(F)cccc1F)[C@@H](C(C)Nc1ncnc3nc[nH]c13)C2. The van der Waals surface area contributed by atoms with Gasteiger partial charge < -0.3 is 10.3 Å². The highest BCUT2D eigenvalue weighted by Gasteiger charge is 2.39. The molecular formula is C23H20F2N6O. The van der Waals surface area contributed by atoms with Gasteiger partial charge in [0.1, 0.15) is 29.2 Å². The smallest absolute Gasteiger partial charge is 0.259 e. The molecule has 7 nitrogen and oxygen atoms in total. The molecule has 32 heavy (non-hydrogen) atoms. The van der Waals surface area contributed by atoms with Crippen molar-refractivity contribution in [2.45, 2.75) is 32.4 Å². The summed E-state index contributed by atoms with van der Waals surface area (Å²) >= 11 is 0. The topological polar surface area (TPSA) is 86.8 Å². The summed E-state index contributed by atoms with van der Waals surface area (Å²) in [6.07, 6.45) is 3.32. The first-order valence-electron chi connectivity index (χ1n) is 10.2. The Balaban J connectivity index is 1.61. The number of halogens is 2. The van der Waals surface area contributed by atoms with E-state index in [0.717, 1.165) is 23.3 Å². The van der Waals surface area contributed by atoms with Crippen LogP contribution in [0.5, 0.6) is 0 Å². The summed E-state index contributed by atoms with van der Waals surface area (Å²) in [5, 5.41) is 3.28. The van der Waals surface area contributed by atoms with E-state index in [1.54, 1.807) is 0 Å². The van der Waals surface area contributed by atoms with Gasteiger partial charge in [0, 0.05) is 11.6 Å². The monoisotopic (exact) mass is 434 g/mol. The molecule has 5 rings (SSSR count). The Morgan fingerprint density at radius 1 is 1.12 bits per heavy atom. The lowest BCUT2D eigenvalue weighted by atomic mass is 9.87. The third kappa shape index (κ3) is 3.17. The van der Waals surface area contributed by atoms with E-state index in [4.69, 9.17) is 0 Å². The van der Waals surface area contributed by atoms with Crippen molar-refractivity contribution in [3.63, 3.8) is 0 Å². The van der Waals surface area contributed by atoms with Crippen molar-refractivity contribution in [1.29, 1.82) is 0 Å². The number of hydrogen-bond donors (Lipinski definition) is 2. The van der Waals surface area contributed by atoms with E-state index in [0.29, 0.717) is 29.0 Å². The fourth-order valence-electron chi connectivity index (χ4n) is 4.37.